The van der Waals surface area contributed by atoms with Gasteiger partial charge < -0.3 is 16.8 Å². The predicted octanol–water partition coefficient (Wildman–Crippen LogP) is 3.50. The third-order valence-corrected chi connectivity index (χ3v) is 2.94. The molecule has 5 N–H and O–H groups in total. The van der Waals surface area contributed by atoms with Crippen molar-refractivity contribution in [3.8, 4) is 0 Å². The number of nitrogens with one attached hydrogen (secondary N) is 1. The van der Waals surface area contributed by atoms with E-state index in [1.54, 1.807) is 30.3 Å². The van der Waals surface area contributed by atoms with Crippen LogP contribution in [0.1, 0.15) is 0 Å². The zero-order chi connectivity index (χ0) is 12.4. The molecule has 88 valence electrons. The molecule has 2 aromatic carbocycles. The largest absolute Gasteiger partial charge is 0.397 e. The molecule has 0 aliphatic carbocycles. The number of halogens is 2. The summed E-state index contributed by atoms with van der Waals surface area (Å²) < 4.78 is 13.7. The van der Waals surface area contributed by atoms with Crippen molar-refractivity contribution in [1.29, 1.82) is 0 Å². The highest BCUT2D eigenvalue weighted by molar-refractivity contribution is 9.10. The Kier molecular flexibility index (Phi) is 3.19. The first kappa shape index (κ1) is 11.7. The van der Waals surface area contributed by atoms with E-state index in [2.05, 4.69) is 21.2 Å². The standard InChI is InChI=1S/C12H11BrFN3/c13-9-3-1-7(5-10(9)14)17-8-2-4-11(15)12(16)6-8/h1-6,17H,15-16H2. The summed E-state index contributed by atoms with van der Waals surface area (Å²) in [4.78, 5) is 0. The summed E-state index contributed by atoms with van der Waals surface area (Å²) in [5.74, 6) is -0.321. The number of hydrogen-bond acceptors (Lipinski definition) is 3. The average molecular weight is 296 g/mol. The van der Waals surface area contributed by atoms with E-state index in [1.807, 2.05) is 0 Å². The number of rotatable bonds is 2. The molecule has 3 nitrogen and oxygen atoms in total. The van der Waals surface area contributed by atoms with Crippen molar-refractivity contribution in [2.45, 2.75) is 0 Å². The van der Waals surface area contributed by atoms with E-state index >= 15 is 0 Å². The van der Waals surface area contributed by atoms with E-state index in [1.165, 1.54) is 6.07 Å². The van der Waals surface area contributed by atoms with Crippen LogP contribution in [0.5, 0.6) is 0 Å². The summed E-state index contributed by atoms with van der Waals surface area (Å²) in [5.41, 5.74) is 13.7. The van der Waals surface area contributed by atoms with Crippen LogP contribution in [-0.2, 0) is 0 Å². The molecule has 0 heterocycles. The first-order chi connectivity index (χ1) is 8.06. The zero-order valence-corrected chi connectivity index (χ0v) is 10.5. The smallest absolute Gasteiger partial charge is 0.139 e. The lowest BCUT2D eigenvalue weighted by atomic mass is 10.2. The number of nitrogens with two attached hydrogens (primary N) is 2. The second-order valence-electron chi connectivity index (χ2n) is 3.60. The van der Waals surface area contributed by atoms with Crippen LogP contribution in [0.15, 0.2) is 40.9 Å². The van der Waals surface area contributed by atoms with Crippen molar-refractivity contribution in [2.75, 3.05) is 16.8 Å². The Balaban J connectivity index is 2.25. The minimum absolute atomic E-state index is 0.321. The van der Waals surface area contributed by atoms with Gasteiger partial charge in [-0.3, -0.25) is 0 Å². The molecule has 0 fully saturated rings. The molecule has 2 rings (SSSR count). The Labute approximate surface area is 107 Å². The molecular formula is C12H11BrFN3. The average Bonchev–Trinajstić information content (AvgIpc) is 2.29. The number of hydrogen-bond donors (Lipinski definition) is 3. The van der Waals surface area contributed by atoms with Crippen LogP contribution in [0.3, 0.4) is 0 Å². The molecular weight excluding hydrogens is 285 g/mol. The van der Waals surface area contributed by atoms with Crippen molar-refractivity contribution in [3.05, 3.63) is 46.7 Å². The minimum Gasteiger partial charge on any atom is -0.397 e. The summed E-state index contributed by atoms with van der Waals surface area (Å²) in [6.07, 6.45) is 0. The third kappa shape index (κ3) is 2.68. The zero-order valence-electron chi connectivity index (χ0n) is 8.87. The lowest BCUT2D eigenvalue weighted by Gasteiger charge is -2.09. The first-order valence-corrected chi connectivity index (χ1v) is 5.72. The highest BCUT2D eigenvalue weighted by atomic mass is 79.9. The quantitative estimate of drug-likeness (QED) is 0.743. The highest BCUT2D eigenvalue weighted by Crippen LogP contribution is 2.25. The van der Waals surface area contributed by atoms with Crippen LogP contribution in [0.4, 0.5) is 27.1 Å². The van der Waals surface area contributed by atoms with Crippen LogP contribution in [-0.4, -0.2) is 0 Å². The van der Waals surface area contributed by atoms with Crippen molar-refractivity contribution >= 4 is 38.7 Å². The molecule has 0 spiro atoms. The number of benzene rings is 2. The van der Waals surface area contributed by atoms with Crippen LogP contribution < -0.4 is 16.8 Å². The molecule has 0 radical (unpaired) electrons. The van der Waals surface area contributed by atoms with Gasteiger partial charge in [0, 0.05) is 11.4 Å². The lowest BCUT2D eigenvalue weighted by Crippen LogP contribution is -1.97. The van der Waals surface area contributed by atoms with E-state index in [9.17, 15) is 4.39 Å². The Hall–Kier alpha value is -1.75. The first-order valence-electron chi connectivity index (χ1n) is 4.93. The number of anilines is 4. The molecule has 0 bridgehead atoms. The van der Waals surface area contributed by atoms with Gasteiger partial charge in [0.05, 0.1) is 15.8 Å². The topological polar surface area (TPSA) is 64.1 Å². The second kappa shape index (κ2) is 4.63. The van der Waals surface area contributed by atoms with Gasteiger partial charge in [-0.05, 0) is 52.3 Å². The van der Waals surface area contributed by atoms with Crippen molar-refractivity contribution < 1.29 is 4.39 Å². The van der Waals surface area contributed by atoms with Gasteiger partial charge >= 0.3 is 0 Å². The van der Waals surface area contributed by atoms with Gasteiger partial charge in [-0.15, -0.1) is 0 Å². The second-order valence-corrected chi connectivity index (χ2v) is 4.45. The molecule has 0 saturated carbocycles. The Bertz CT molecular complexity index is 508. The molecule has 0 saturated heterocycles. The SMILES string of the molecule is Nc1ccc(Nc2ccc(Br)c(F)c2)cc1N. The van der Waals surface area contributed by atoms with Crippen LogP contribution in [0.25, 0.3) is 0 Å². The fraction of sp³-hybridized carbons (Fsp3) is 0. The summed E-state index contributed by atoms with van der Waals surface area (Å²) >= 11 is 3.10. The summed E-state index contributed by atoms with van der Waals surface area (Å²) in [6, 6.07) is 9.99. The molecule has 0 amide bonds. The van der Waals surface area contributed by atoms with E-state index in [-0.39, 0.29) is 5.82 Å². The van der Waals surface area contributed by atoms with Gasteiger partial charge in [0.1, 0.15) is 5.82 Å². The molecule has 0 aliphatic rings. The van der Waals surface area contributed by atoms with Crippen molar-refractivity contribution in [1.82, 2.24) is 0 Å². The highest BCUT2D eigenvalue weighted by Gasteiger charge is 2.02. The van der Waals surface area contributed by atoms with E-state index < -0.39 is 0 Å². The van der Waals surface area contributed by atoms with Gasteiger partial charge in [-0.25, -0.2) is 4.39 Å². The summed E-state index contributed by atoms with van der Waals surface area (Å²) in [5, 5.41) is 3.04. The maximum absolute atomic E-state index is 13.3. The van der Waals surface area contributed by atoms with Gasteiger partial charge in [0.25, 0.3) is 0 Å². The molecule has 0 atom stereocenters. The van der Waals surface area contributed by atoms with Crippen molar-refractivity contribution in [2.24, 2.45) is 0 Å². The Morgan fingerprint density at radius 1 is 0.941 bits per heavy atom. The molecule has 0 unspecified atom stereocenters. The summed E-state index contributed by atoms with van der Waals surface area (Å²) in [7, 11) is 0. The molecule has 5 heteroatoms. The molecule has 0 aliphatic heterocycles. The van der Waals surface area contributed by atoms with Gasteiger partial charge in [-0.1, -0.05) is 0 Å². The maximum Gasteiger partial charge on any atom is 0.139 e. The van der Waals surface area contributed by atoms with Gasteiger partial charge in [0.15, 0.2) is 0 Å². The Morgan fingerprint density at radius 2 is 1.59 bits per heavy atom. The normalized spacial score (nSPS) is 10.2. The van der Waals surface area contributed by atoms with Crippen molar-refractivity contribution in [3.63, 3.8) is 0 Å². The van der Waals surface area contributed by atoms with E-state index in [0.29, 0.717) is 21.5 Å². The fourth-order valence-electron chi connectivity index (χ4n) is 1.39. The fourth-order valence-corrected chi connectivity index (χ4v) is 1.64. The Morgan fingerprint density at radius 3 is 2.24 bits per heavy atom. The molecule has 17 heavy (non-hydrogen) atoms. The van der Waals surface area contributed by atoms with E-state index in [0.717, 1.165) is 5.69 Å². The molecule has 0 aromatic heterocycles. The monoisotopic (exact) mass is 295 g/mol. The maximum atomic E-state index is 13.3. The van der Waals surface area contributed by atoms with Gasteiger partial charge in [-0.2, -0.15) is 0 Å². The minimum atomic E-state index is -0.321. The number of nitrogen functional groups attached to an aromatic ring is 2. The van der Waals surface area contributed by atoms with Gasteiger partial charge in [0.2, 0.25) is 0 Å². The van der Waals surface area contributed by atoms with E-state index in [4.69, 9.17) is 11.5 Å². The lowest BCUT2D eigenvalue weighted by molar-refractivity contribution is 0.622. The molecule has 2 aromatic rings. The third-order valence-electron chi connectivity index (χ3n) is 2.30. The van der Waals surface area contributed by atoms with Crippen LogP contribution in [0, 0.1) is 5.82 Å². The summed E-state index contributed by atoms with van der Waals surface area (Å²) in [6.45, 7) is 0. The predicted molar refractivity (Wildman–Crippen MR) is 72.6 cm³/mol. The van der Waals surface area contributed by atoms with Crippen LogP contribution in [0.2, 0.25) is 0 Å². The van der Waals surface area contributed by atoms with Crippen LogP contribution >= 0.6 is 15.9 Å².